The second kappa shape index (κ2) is 5.60. The van der Waals surface area contributed by atoms with Crippen molar-refractivity contribution < 1.29 is 9.90 Å². The Morgan fingerprint density at radius 2 is 2.18 bits per heavy atom. The summed E-state index contributed by atoms with van der Waals surface area (Å²) < 4.78 is 0.539. The minimum atomic E-state index is -0.319. The van der Waals surface area contributed by atoms with Crippen LogP contribution in [-0.2, 0) is 0 Å². The Balaban J connectivity index is 2.71. The summed E-state index contributed by atoms with van der Waals surface area (Å²) in [4.78, 5) is 16.0. The molecule has 4 nitrogen and oxygen atoms in total. The lowest BCUT2D eigenvalue weighted by molar-refractivity contribution is 0.0910. The van der Waals surface area contributed by atoms with Crippen LogP contribution in [0.2, 0.25) is 0 Å². The van der Waals surface area contributed by atoms with Crippen molar-refractivity contribution >= 4 is 21.8 Å². The van der Waals surface area contributed by atoms with Crippen molar-refractivity contribution in [3.8, 4) is 0 Å². The normalized spacial score (nSPS) is 11.4. The average molecular weight is 301 g/mol. The van der Waals surface area contributed by atoms with Crippen molar-refractivity contribution in [2.24, 2.45) is 5.41 Å². The smallest absolute Gasteiger partial charge is 0.254 e. The Bertz CT molecular complexity index is 419. The molecule has 1 aromatic heterocycles. The molecular weight excluding hydrogens is 284 g/mol. The van der Waals surface area contributed by atoms with Gasteiger partial charge in [-0.2, -0.15) is 0 Å². The van der Waals surface area contributed by atoms with E-state index in [1.165, 1.54) is 0 Å². The number of hydrogen-bond acceptors (Lipinski definition) is 3. The summed E-state index contributed by atoms with van der Waals surface area (Å²) in [5, 5.41) is 11.9. The van der Waals surface area contributed by atoms with E-state index in [0.29, 0.717) is 16.7 Å². The molecule has 0 aromatic carbocycles. The standard InChI is InChI=1S/C12H17BrN2O2/c1-8-4-5-9(10(13)15-8)11(17)14-6-12(2,3)7-16/h4-5,16H,6-7H2,1-3H3,(H,14,17). The van der Waals surface area contributed by atoms with Gasteiger partial charge in [0, 0.05) is 24.3 Å². The molecule has 0 saturated carbocycles. The summed E-state index contributed by atoms with van der Waals surface area (Å²) in [5.74, 6) is -0.189. The molecular formula is C12H17BrN2O2. The minimum absolute atomic E-state index is 0.0284. The van der Waals surface area contributed by atoms with Crippen LogP contribution in [0, 0.1) is 12.3 Å². The number of nitrogens with zero attached hydrogens (tertiary/aromatic N) is 1. The second-order valence-corrected chi connectivity index (χ2v) is 5.55. The van der Waals surface area contributed by atoms with E-state index < -0.39 is 0 Å². The molecule has 2 N–H and O–H groups in total. The molecule has 1 amide bonds. The van der Waals surface area contributed by atoms with Gasteiger partial charge in [-0.05, 0) is 35.0 Å². The van der Waals surface area contributed by atoms with Crippen molar-refractivity contribution in [2.75, 3.05) is 13.2 Å². The summed E-state index contributed by atoms with van der Waals surface area (Å²) in [7, 11) is 0. The summed E-state index contributed by atoms with van der Waals surface area (Å²) in [5.41, 5.74) is 1.04. The number of halogens is 1. The van der Waals surface area contributed by atoms with Crippen molar-refractivity contribution in [1.82, 2.24) is 10.3 Å². The highest BCUT2D eigenvalue weighted by Crippen LogP contribution is 2.16. The van der Waals surface area contributed by atoms with Gasteiger partial charge in [-0.3, -0.25) is 4.79 Å². The van der Waals surface area contributed by atoms with Gasteiger partial charge >= 0.3 is 0 Å². The molecule has 0 spiro atoms. The molecule has 0 fully saturated rings. The van der Waals surface area contributed by atoms with Gasteiger partial charge in [-0.25, -0.2) is 4.98 Å². The SMILES string of the molecule is Cc1ccc(C(=O)NCC(C)(C)CO)c(Br)n1. The Morgan fingerprint density at radius 3 is 2.71 bits per heavy atom. The average Bonchev–Trinajstić information content (AvgIpc) is 2.26. The molecule has 0 radical (unpaired) electrons. The third kappa shape index (κ3) is 4.09. The fourth-order valence-corrected chi connectivity index (χ4v) is 1.76. The molecule has 5 heteroatoms. The van der Waals surface area contributed by atoms with E-state index in [-0.39, 0.29) is 17.9 Å². The zero-order valence-corrected chi connectivity index (χ0v) is 11.8. The van der Waals surface area contributed by atoms with Crippen LogP contribution in [-0.4, -0.2) is 29.1 Å². The number of aromatic nitrogens is 1. The van der Waals surface area contributed by atoms with Crippen LogP contribution in [0.15, 0.2) is 16.7 Å². The Kier molecular flexibility index (Phi) is 4.65. The zero-order chi connectivity index (χ0) is 13.1. The molecule has 94 valence electrons. The maximum absolute atomic E-state index is 11.9. The number of rotatable bonds is 4. The maximum Gasteiger partial charge on any atom is 0.254 e. The number of amides is 1. The first-order valence-electron chi connectivity index (χ1n) is 5.38. The number of aliphatic hydroxyl groups is 1. The first-order chi connectivity index (χ1) is 7.85. The first-order valence-corrected chi connectivity index (χ1v) is 6.17. The number of aryl methyl sites for hydroxylation is 1. The molecule has 0 unspecified atom stereocenters. The maximum atomic E-state index is 11.9. The van der Waals surface area contributed by atoms with Gasteiger partial charge in [-0.15, -0.1) is 0 Å². The molecule has 0 saturated heterocycles. The van der Waals surface area contributed by atoms with Gasteiger partial charge in [0.1, 0.15) is 4.60 Å². The lowest BCUT2D eigenvalue weighted by Crippen LogP contribution is -2.36. The van der Waals surface area contributed by atoms with Gasteiger partial charge in [0.25, 0.3) is 5.91 Å². The number of carbonyl (C=O) groups is 1. The fourth-order valence-electron chi connectivity index (χ4n) is 1.17. The monoisotopic (exact) mass is 300 g/mol. The Hall–Kier alpha value is -0.940. The van der Waals surface area contributed by atoms with Gasteiger partial charge in [0.2, 0.25) is 0 Å². The minimum Gasteiger partial charge on any atom is -0.396 e. The summed E-state index contributed by atoms with van der Waals surface area (Å²) in [6.07, 6.45) is 0. The predicted octanol–water partition coefficient (Wildman–Crippen LogP) is 1.90. The van der Waals surface area contributed by atoms with Crippen LogP contribution >= 0.6 is 15.9 Å². The van der Waals surface area contributed by atoms with Crippen LogP contribution in [0.4, 0.5) is 0 Å². The number of carbonyl (C=O) groups excluding carboxylic acids is 1. The fraction of sp³-hybridized carbons (Fsp3) is 0.500. The van der Waals surface area contributed by atoms with E-state index in [0.717, 1.165) is 5.69 Å². The molecule has 1 heterocycles. The van der Waals surface area contributed by atoms with Crippen LogP contribution in [0.5, 0.6) is 0 Å². The third-order valence-electron chi connectivity index (χ3n) is 2.39. The molecule has 0 aliphatic rings. The summed E-state index contributed by atoms with van der Waals surface area (Å²) in [6, 6.07) is 3.52. The molecule has 1 rings (SSSR count). The molecule has 0 atom stereocenters. The molecule has 0 aliphatic heterocycles. The number of hydrogen-bond donors (Lipinski definition) is 2. The molecule has 0 bridgehead atoms. The van der Waals surface area contributed by atoms with Gasteiger partial charge in [0.05, 0.1) is 5.56 Å². The predicted molar refractivity (Wildman–Crippen MR) is 69.9 cm³/mol. The van der Waals surface area contributed by atoms with Crippen LogP contribution in [0.3, 0.4) is 0 Å². The van der Waals surface area contributed by atoms with E-state index >= 15 is 0 Å². The summed E-state index contributed by atoms with van der Waals surface area (Å²) in [6.45, 7) is 6.08. The lowest BCUT2D eigenvalue weighted by atomic mass is 9.95. The van der Waals surface area contributed by atoms with E-state index in [1.54, 1.807) is 12.1 Å². The number of aliphatic hydroxyl groups excluding tert-OH is 1. The molecule has 1 aromatic rings. The van der Waals surface area contributed by atoms with Gasteiger partial charge in [0.15, 0.2) is 0 Å². The Morgan fingerprint density at radius 1 is 1.53 bits per heavy atom. The third-order valence-corrected chi connectivity index (χ3v) is 2.99. The topological polar surface area (TPSA) is 62.2 Å². The number of pyridine rings is 1. The van der Waals surface area contributed by atoms with Crippen molar-refractivity contribution in [3.05, 3.63) is 28.0 Å². The lowest BCUT2D eigenvalue weighted by Gasteiger charge is -2.21. The summed E-state index contributed by atoms with van der Waals surface area (Å²) >= 11 is 3.26. The Labute approximate surface area is 110 Å². The van der Waals surface area contributed by atoms with Gasteiger partial charge < -0.3 is 10.4 Å². The quantitative estimate of drug-likeness (QED) is 0.835. The van der Waals surface area contributed by atoms with Crippen molar-refractivity contribution in [1.29, 1.82) is 0 Å². The van der Waals surface area contributed by atoms with E-state index in [1.807, 2.05) is 20.8 Å². The van der Waals surface area contributed by atoms with Crippen LogP contribution < -0.4 is 5.32 Å². The van der Waals surface area contributed by atoms with E-state index in [2.05, 4.69) is 26.2 Å². The zero-order valence-electron chi connectivity index (χ0n) is 10.2. The van der Waals surface area contributed by atoms with Crippen molar-refractivity contribution in [3.63, 3.8) is 0 Å². The highest BCUT2D eigenvalue weighted by atomic mass is 79.9. The largest absolute Gasteiger partial charge is 0.396 e. The molecule has 0 aliphatic carbocycles. The van der Waals surface area contributed by atoms with Gasteiger partial charge in [-0.1, -0.05) is 13.8 Å². The van der Waals surface area contributed by atoms with Crippen LogP contribution in [0.25, 0.3) is 0 Å². The van der Waals surface area contributed by atoms with Crippen LogP contribution in [0.1, 0.15) is 29.9 Å². The van der Waals surface area contributed by atoms with Crippen molar-refractivity contribution in [2.45, 2.75) is 20.8 Å². The highest BCUT2D eigenvalue weighted by Gasteiger charge is 2.19. The highest BCUT2D eigenvalue weighted by molar-refractivity contribution is 9.10. The first kappa shape index (κ1) is 14.1. The second-order valence-electron chi connectivity index (χ2n) is 4.80. The van der Waals surface area contributed by atoms with E-state index in [9.17, 15) is 4.79 Å². The van der Waals surface area contributed by atoms with E-state index in [4.69, 9.17) is 5.11 Å². The number of nitrogens with one attached hydrogen (secondary N) is 1. The molecule has 17 heavy (non-hydrogen) atoms.